The van der Waals surface area contributed by atoms with E-state index in [1.54, 1.807) is 7.11 Å². The minimum Gasteiger partial charge on any atom is -0.495 e. The van der Waals surface area contributed by atoms with Gasteiger partial charge in [-0.3, -0.25) is 4.98 Å². The van der Waals surface area contributed by atoms with Crippen LogP contribution in [0.25, 0.3) is 10.9 Å². The molecule has 0 amide bonds. The Kier molecular flexibility index (Phi) is 3.50. The van der Waals surface area contributed by atoms with Gasteiger partial charge in [-0.15, -0.1) is 0 Å². The van der Waals surface area contributed by atoms with Gasteiger partial charge in [0.1, 0.15) is 5.75 Å². The molecule has 0 aliphatic heterocycles. The van der Waals surface area contributed by atoms with E-state index in [9.17, 15) is 0 Å². The summed E-state index contributed by atoms with van der Waals surface area (Å²) in [5.74, 6) is 0.668. The number of methoxy groups -OCH3 is 1. The van der Waals surface area contributed by atoms with Crippen molar-refractivity contribution >= 4 is 22.5 Å². The van der Waals surface area contributed by atoms with Gasteiger partial charge < -0.3 is 10.5 Å². The van der Waals surface area contributed by atoms with E-state index in [2.05, 4.69) is 4.98 Å². The molecular formula is C13H15ClN2O. The van der Waals surface area contributed by atoms with Crippen LogP contribution in [0.5, 0.6) is 5.75 Å². The van der Waals surface area contributed by atoms with Crippen LogP contribution in [0.4, 0.5) is 0 Å². The second kappa shape index (κ2) is 4.90. The van der Waals surface area contributed by atoms with E-state index in [1.807, 2.05) is 31.2 Å². The Hall–Kier alpha value is -1.32. The third-order valence-corrected chi connectivity index (χ3v) is 2.85. The molecule has 2 rings (SSSR count). The van der Waals surface area contributed by atoms with Crippen molar-refractivity contribution in [1.82, 2.24) is 4.98 Å². The molecule has 1 aromatic carbocycles. The zero-order valence-electron chi connectivity index (χ0n) is 9.90. The summed E-state index contributed by atoms with van der Waals surface area (Å²) >= 11 is 6.07. The summed E-state index contributed by atoms with van der Waals surface area (Å²) < 4.78 is 5.17. The zero-order valence-corrected chi connectivity index (χ0v) is 10.7. The quantitative estimate of drug-likeness (QED) is 0.911. The molecular weight excluding hydrogens is 236 g/mol. The summed E-state index contributed by atoms with van der Waals surface area (Å²) in [5.41, 5.74) is 7.61. The Morgan fingerprint density at radius 2 is 2.18 bits per heavy atom. The largest absolute Gasteiger partial charge is 0.495 e. The average molecular weight is 251 g/mol. The number of ether oxygens (including phenoxy) is 1. The third kappa shape index (κ3) is 2.68. The maximum Gasteiger partial charge on any atom is 0.138 e. The highest BCUT2D eigenvalue weighted by molar-refractivity contribution is 6.32. The molecule has 0 aliphatic rings. The van der Waals surface area contributed by atoms with E-state index in [4.69, 9.17) is 22.1 Å². The van der Waals surface area contributed by atoms with Crippen molar-refractivity contribution in [3.63, 3.8) is 0 Å². The van der Waals surface area contributed by atoms with E-state index in [0.29, 0.717) is 10.8 Å². The van der Waals surface area contributed by atoms with Crippen LogP contribution >= 0.6 is 11.6 Å². The van der Waals surface area contributed by atoms with Crippen LogP contribution in [0.2, 0.25) is 5.02 Å². The number of benzene rings is 1. The second-order valence-corrected chi connectivity index (χ2v) is 4.57. The molecule has 0 saturated carbocycles. The van der Waals surface area contributed by atoms with Crippen molar-refractivity contribution < 1.29 is 4.74 Å². The molecule has 0 spiro atoms. The molecule has 1 unspecified atom stereocenters. The number of hydrogen-bond donors (Lipinski definition) is 1. The zero-order chi connectivity index (χ0) is 12.4. The second-order valence-electron chi connectivity index (χ2n) is 4.16. The molecule has 0 radical (unpaired) electrons. The number of halogens is 1. The Balaban J connectivity index is 2.47. The third-order valence-electron chi connectivity index (χ3n) is 2.55. The van der Waals surface area contributed by atoms with Crippen molar-refractivity contribution in [2.45, 2.75) is 19.4 Å². The predicted molar refractivity (Wildman–Crippen MR) is 70.7 cm³/mol. The molecule has 1 heterocycles. The van der Waals surface area contributed by atoms with Crippen LogP contribution < -0.4 is 10.5 Å². The summed E-state index contributed by atoms with van der Waals surface area (Å²) in [7, 11) is 1.60. The molecule has 0 bridgehead atoms. The molecule has 2 N–H and O–H groups in total. The van der Waals surface area contributed by atoms with Gasteiger partial charge in [0.15, 0.2) is 0 Å². The molecule has 3 nitrogen and oxygen atoms in total. The molecule has 90 valence electrons. The van der Waals surface area contributed by atoms with Crippen molar-refractivity contribution in [1.29, 1.82) is 0 Å². The SMILES string of the molecule is COc1cc2ccc(CC(C)N)nc2cc1Cl. The Labute approximate surface area is 106 Å². The summed E-state index contributed by atoms with van der Waals surface area (Å²) in [6.07, 6.45) is 0.763. The topological polar surface area (TPSA) is 48.1 Å². The molecule has 1 atom stereocenters. The Morgan fingerprint density at radius 1 is 1.41 bits per heavy atom. The van der Waals surface area contributed by atoms with Gasteiger partial charge in [-0.1, -0.05) is 17.7 Å². The van der Waals surface area contributed by atoms with Gasteiger partial charge in [-0.05, 0) is 25.1 Å². The van der Waals surface area contributed by atoms with Gasteiger partial charge in [0, 0.05) is 23.5 Å². The number of rotatable bonds is 3. The lowest BCUT2D eigenvalue weighted by Crippen LogP contribution is -2.18. The van der Waals surface area contributed by atoms with Gasteiger partial charge in [0.2, 0.25) is 0 Å². The minimum absolute atomic E-state index is 0.105. The van der Waals surface area contributed by atoms with Gasteiger partial charge in [-0.25, -0.2) is 0 Å². The van der Waals surface area contributed by atoms with Crippen molar-refractivity contribution in [3.8, 4) is 5.75 Å². The monoisotopic (exact) mass is 250 g/mol. The number of fused-ring (bicyclic) bond motifs is 1. The fraction of sp³-hybridized carbons (Fsp3) is 0.308. The van der Waals surface area contributed by atoms with Crippen LogP contribution in [0, 0.1) is 0 Å². The van der Waals surface area contributed by atoms with Crippen LogP contribution in [-0.2, 0) is 6.42 Å². The lowest BCUT2D eigenvalue weighted by atomic mass is 10.1. The van der Waals surface area contributed by atoms with E-state index in [1.165, 1.54) is 0 Å². The molecule has 4 heteroatoms. The van der Waals surface area contributed by atoms with Crippen LogP contribution in [0.1, 0.15) is 12.6 Å². The fourth-order valence-corrected chi connectivity index (χ4v) is 2.00. The lowest BCUT2D eigenvalue weighted by Gasteiger charge is -2.08. The summed E-state index contributed by atoms with van der Waals surface area (Å²) in [4.78, 5) is 4.53. The number of hydrogen-bond acceptors (Lipinski definition) is 3. The standard InChI is InChI=1S/C13H15ClN2O/c1-8(15)5-10-4-3-9-6-13(17-2)11(14)7-12(9)16-10/h3-4,6-8H,5,15H2,1-2H3. The van der Waals surface area contributed by atoms with Gasteiger partial charge >= 0.3 is 0 Å². The smallest absolute Gasteiger partial charge is 0.138 e. The van der Waals surface area contributed by atoms with E-state index in [0.717, 1.165) is 23.0 Å². The number of aromatic nitrogens is 1. The Bertz CT molecular complexity index is 540. The average Bonchev–Trinajstić information content (AvgIpc) is 2.27. The van der Waals surface area contributed by atoms with Gasteiger partial charge in [-0.2, -0.15) is 0 Å². The van der Waals surface area contributed by atoms with Crippen molar-refractivity contribution in [3.05, 3.63) is 35.0 Å². The highest BCUT2D eigenvalue weighted by Crippen LogP contribution is 2.29. The normalized spacial score (nSPS) is 12.7. The molecule has 2 aromatic rings. The first-order valence-corrected chi connectivity index (χ1v) is 5.86. The number of nitrogens with two attached hydrogens (primary N) is 1. The fourth-order valence-electron chi connectivity index (χ4n) is 1.77. The highest BCUT2D eigenvalue weighted by Gasteiger charge is 2.06. The van der Waals surface area contributed by atoms with Gasteiger partial charge in [0.05, 0.1) is 17.6 Å². The summed E-state index contributed by atoms with van der Waals surface area (Å²) in [6.45, 7) is 1.97. The molecule has 17 heavy (non-hydrogen) atoms. The summed E-state index contributed by atoms with van der Waals surface area (Å²) in [6, 6.07) is 7.81. The molecule has 1 aromatic heterocycles. The first-order chi connectivity index (χ1) is 8.10. The van der Waals surface area contributed by atoms with E-state index < -0.39 is 0 Å². The lowest BCUT2D eigenvalue weighted by molar-refractivity contribution is 0.415. The first-order valence-electron chi connectivity index (χ1n) is 5.49. The van der Waals surface area contributed by atoms with E-state index >= 15 is 0 Å². The van der Waals surface area contributed by atoms with Crippen LogP contribution in [0.3, 0.4) is 0 Å². The van der Waals surface area contributed by atoms with Crippen molar-refractivity contribution in [2.24, 2.45) is 5.73 Å². The van der Waals surface area contributed by atoms with E-state index in [-0.39, 0.29) is 6.04 Å². The number of nitrogens with zero attached hydrogens (tertiary/aromatic N) is 1. The maximum atomic E-state index is 6.07. The van der Waals surface area contributed by atoms with Crippen molar-refractivity contribution in [2.75, 3.05) is 7.11 Å². The first kappa shape index (κ1) is 12.1. The summed E-state index contributed by atoms with van der Waals surface area (Å²) in [5, 5.41) is 1.59. The molecule has 0 fully saturated rings. The van der Waals surface area contributed by atoms with Gasteiger partial charge in [0.25, 0.3) is 0 Å². The minimum atomic E-state index is 0.105. The highest BCUT2D eigenvalue weighted by atomic mass is 35.5. The molecule has 0 saturated heterocycles. The number of pyridine rings is 1. The Morgan fingerprint density at radius 3 is 2.82 bits per heavy atom. The van der Waals surface area contributed by atoms with Crippen LogP contribution in [0.15, 0.2) is 24.3 Å². The maximum absolute atomic E-state index is 6.07. The van der Waals surface area contributed by atoms with Crippen LogP contribution in [-0.4, -0.2) is 18.1 Å². The molecule has 0 aliphatic carbocycles. The predicted octanol–water partition coefficient (Wildman–Crippen LogP) is 2.79.